The van der Waals surface area contributed by atoms with Crippen LogP contribution in [0.3, 0.4) is 0 Å². The second-order valence-corrected chi connectivity index (χ2v) is 2.61. The molecule has 72 valence electrons. The molecule has 2 nitrogen and oxygen atoms in total. The number of ether oxygens (including phenoxy) is 1. The van der Waals surface area contributed by atoms with E-state index in [1.165, 1.54) is 13.3 Å². The van der Waals surface area contributed by atoms with Crippen molar-refractivity contribution in [2.24, 2.45) is 0 Å². The Morgan fingerprint density at radius 1 is 1.54 bits per heavy atom. The standard InChI is InChI=1S/C8H8ClF2NO/c1-13-7-4-12-3-6(8(10)11)5(7)2-9/h3-4,8H,2H2,1H3. The second-order valence-electron chi connectivity index (χ2n) is 2.34. The highest BCUT2D eigenvalue weighted by Crippen LogP contribution is 2.29. The lowest BCUT2D eigenvalue weighted by atomic mass is 10.1. The Hall–Kier alpha value is -0.900. The molecule has 1 rings (SSSR count). The van der Waals surface area contributed by atoms with E-state index in [9.17, 15) is 8.78 Å². The summed E-state index contributed by atoms with van der Waals surface area (Å²) in [6.07, 6.45) is -0.106. The van der Waals surface area contributed by atoms with Crippen molar-refractivity contribution in [1.82, 2.24) is 4.98 Å². The number of aromatic nitrogens is 1. The van der Waals surface area contributed by atoms with Gasteiger partial charge in [-0.2, -0.15) is 0 Å². The first-order chi connectivity index (χ1) is 6.20. The monoisotopic (exact) mass is 207 g/mol. The van der Waals surface area contributed by atoms with Gasteiger partial charge in [0.1, 0.15) is 5.75 Å². The molecule has 13 heavy (non-hydrogen) atoms. The molecule has 0 N–H and O–H groups in total. The van der Waals surface area contributed by atoms with Gasteiger partial charge >= 0.3 is 0 Å². The van der Waals surface area contributed by atoms with Gasteiger partial charge in [0.15, 0.2) is 0 Å². The van der Waals surface area contributed by atoms with Crippen molar-refractivity contribution in [2.45, 2.75) is 12.3 Å². The smallest absolute Gasteiger partial charge is 0.265 e. The molecule has 0 aliphatic heterocycles. The third-order valence-electron chi connectivity index (χ3n) is 1.64. The molecule has 0 saturated heterocycles. The van der Waals surface area contributed by atoms with Crippen LogP contribution >= 0.6 is 11.6 Å². The zero-order chi connectivity index (χ0) is 9.84. The van der Waals surface area contributed by atoms with E-state index < -0.39 is 6.43 Å². The van der Waals surface area contributed by atoms with Gasteiger partial charge in [-0.1, -0.05) is 0 Å². The third kappa shape index (κ3) is 2.06. The van der Waals surface area contributed by atoms with Crippen LogP contribution in [0.25, 0.3) is 0 Å². The molecule has 0 aliphatic carbocycles. The topological polar surface area (TPSA) is 22.1 Å². The normalized spacial score (nSPS) is 10.5. The summed E-state index contributed by atoms with van der Waals surface area (Å²) in [5, 5.41) is 0. The van der Waals surface area contributed by atoms with Crippen molar-refractivity contribution in [3.8, 4) is 5.75 Å². The Morgan fingerprint density at radius 2 is 2.23 bits per heavy atom. The highest BCUT2D eigenvalue weighted by atomic mass is 35.5. The third-order valence-corrected chi connectivity index (χ3v) is 1.91. The minimum Gasteiger partial charge on any atom is -0.495 e. The number of hydrogen-bond donors (Lipinski definition) is 0. The fourth-order valence-electron chi connectivity index (χ4n) is 0.990. The van der Waals surface area contributed by atoms with Crippen LogP contribution in [0.1, 0.15) is 17.6 Å². The number of alkyl halides is 3. The van der Waals surface area contributed by atoms with Gasteiger partial charge in [0.05, 0.1) is 19.2 Å². The molecular formula is C8H8ClF2NO. The van der Waals surface area contributed by atoms with Crippen molar-refractivity contribution >= 4 is 11.6 Å². The number of pyridine rings is 1. The second kappa shape index (κ2) is 4.37. The molecule has 0 aromatic carbocycles. The van der Waals surface area contributed by atoms with Crippen LogP contribution in [-0.4, -0.2) is 12.1 Å². The summed E-state index contributed by atoms with van der Waals surface area (Å²) in [6.45, 7) is 0. The van der Waals surface area contributed by atoms with Crippen LogP contribution in [0.2, 0.25) is 0 Å². The fourth-order valence-corrected chi connectivity index (χ4v) is 1.28. The Balaban J connectivity index is 3.19. The SMILES string of the molecule is COc1cncc(C(F)F)c1CCl. The molecule has 0 unspecified atom stereocenters. The van der Waals surface area contributed by atoms with E-state index in [-0.39, 0.29) is 11.4 Å². The van der Waals surface area contributed by atoms with Gasteiger partial charge in [-0.05, 0) is 0 Å². The fraction of sp³-hybridized carbons (Fsp3) is 0.375. The molecule has 0 bridgehead atoms. The highest BCUT2D eigenvalue weighted by molar-refractivity contribution is 6.17. The van der Waals surface area contributed by atoms with E-state index in [4.69, 9.17) is 16.3 Å². The van der Waals surface area contributed by atoms with Crippen molar-refractivity contribution in [1.29, 1.82) is 0 Å². The van der Waals surface area contributed by atoms with Gasteiger partial charge < -0.3 is 4.74 Å². The van der Waals surface area contributed by atoms with Crippen molar-refractivity contribution < 1.29 is 13.5 Å². The minimum absolute atomic E-state index is 0.00856. The Kier molecular flexibility index (Phi) is 3.42. The summed E-state index contributed by atoms with van der Waals surface area (Å²) < 4.78 is 29.6. The molecule has 0 spiro atoms. The summed E-state index contributed by atoms with van der Waals surface area (Å²) in [4.78, 5) is 3.62. The van der Waals surface area contributed by atoms with Gasteiger partial charge in [-0.15, -0.1) is 11.6 Å². The average molecular weight is 208 g/mol. The highest BCUT2D eigenvalue weighted by Gasteiger charge is 2.16. The van der Waals surface area contributed by atoms with E-state index in [0.717, 1.165) is 6.20 Å². The van der Waals surface area contributed by atoms with Crippen molar-refractivity contribution in [3.63, 3.8) is 0 Å². The lowest BCUT2D eigenvalue weighted by Gasteiger charge is -2.09. The van der Waals surface area contributed by atoms with E-state index in [0.29, 0.717) is 11.3 Å². The molecular weight excluding hydrogens is 200 g/mol. The van der Waals surface area contributed by atoms with Crippen LogP contribution in [0.5, 0.6) is 5.75 Å². The van der Waals surface area contributed by atoms with Gasteiger partial charge in [0, 0.05) is 17.3 Å². The predicted octanol–water partition coefficient (Wildman–Crippen LogP) is 2.77. The summed E-state index contributed by atoms with van der Waals surface area (Å²) in [7, 11) is 1.39. The Bertz CT molecular complexity index is 293. The van der Waals surface area contributed by atoms with Crippen molar-refractivity contribution in [2.75, 3.05) is 7.11 Å². The number of hydrogen-bond acceptors (Lipinski definition) is 2. The quantitative estimate of drug-likeness (QED) is 0.711. The number of rotatable bonds is 3. The zero-order valence-corrected chi connectivity index (χ0v) is 7.68. The number of halogens is 3. The molecule has 0 radical (unpaired) electrons. The molecule has 0 aliphatic rings. The number of nitrogens with zero attached hydrogens (tertiary/aromatic N) is 1. The van der Waals surface area contributed by atoms with Gasteiger partial charge in [0.2, 0.25) is 0 Å². The molecule has 0 saturated carbocycles. The first-order valence-corrected chi connectivity index (χ1v) is 4.09. The van der Waals surface area contributed by atoms with Gasteiger partial charge in [0.25, 0.3) is 6.43 Å². The maximum absolute atomic E-state index is 12.4. The lowest BCUT2D eigenvalue weighted by Crippen LogP contribution is -1.98. The molecule has 0 amide bonds. The first-order valence-electron chi connectivity index (χ1n) is 3.55. The molecule has 0 fully saturated rings. The largest absolute Gasteiger partial charge is 0.495 e. The number of methoxy groups -OCH3 is 1. The summed E-state index contributed by atoms with van der Waals surface area (Å²) in [5.74, 6) is 0.290. The maximum atomic E-state index is 12.4. The van der Waals surface area contributed by atoms with Crippen LogP contribution in [0.4, 0.5) is 8.78 Å². The molecule has 0 atom stereocenters. The van der Waals surface area contributed by atoms with E-state index >= 15 is 0 Å². The van der Waals surface area contributed by atoms with Crippen LogP contribution in [-0.2, 0) is 5.88 Å². The Labute approximate surface area is 79.5 Å². The van der Waals surface area contributed by atoms with E-state index in [1.54, 1.807) is 0 Å². The predicted molar refractivity (Wildman–Crippen MR) is 45.3 cm³/mol. The first kappa shape index (κ1) is 10.2. The molecule has 5 heteroatoms. The minimum atomic E-state index is -2.57. The average Bonchev–Trinajstić information content (AvgIpc) is 2.16. The van der Waals surface area contributed by atoms with E-state index in [1.807, 2.05) is 0 Å². The van der Waals surface area contributed by atoms with Crippen LogP contribution < -0.4 is 4.74 Å². The van der Waals surface area contributed by atoms with Crippen molar-refractivity contribution in [3.05, 3.63) is 23.5 Å². The van der Waals surface area contributed by atoms with Gasteiger partial charge in [-0.25, -0.2) is 8.78 Å². The molecule has 1 aromatic heterocycles. The summed E-state index contributed by atoms with van der Waals surface area (Å²) >= 11 is 5.52. The maximum Gasteiger partial charge on any atom is 0.265 e. The van der Waals surface area contributed by atoms with E-state index in [2.05, 4.69) is 4.98 Å². The zero-order valence-electron chi connectivity index (χ0n) is 6.93. The Morgan fingerprint density at radius 3 is 2.69 bits per heavy atom. The van der Waals surface area contributed by atoms with Gasteiger partial charge in [-0.3, -0.25) is 4.98 Å². The summed E-state index contributed by atoms with van der Waals surface area (Å²) in [6, 6.07) is 0. The van der Waals surface area contributed by atoms with Crippen LogP contribution in [0, 0.1) is 0 Å². The van der Waals surface area contributed by atoms with Crippen LogP contribution in [0.15, 0.2) is 12.4 Å². The lowest BCUT2D eigenvalue weighted by molar-refractivity contribution is 0.149. The molecule has 1 aromatic rings. The summed E-state index contributed by atoms with van der Waals surface area (Å²) in [5.41, 5.74) is 0.128. The molecule has 1 heterocycles.